The number of hydrogen-bond donors (Lipinski definition) is 1. The Bertz CT molecular complexity index is 421. The van der Waals surface area contributed by atoms with Gasteiger partial charge >= 0.3 is 0 Å². The van der Waals surface area contributed by atoms with E-state index in [9.17, 15) is 10.1 Å². The second kappa shape index (κ2) is 5.42. The molecule has 1 unspecified atom stereocenters. The summed E-state index contributed by atoms with van der Waals surface area (Å²) in [6, 6.07) is 1.44. The lowest BCUT2D eigenvalue weighted by Crippen LogP contribution is -2.19. The summed E-state index contributed by atoms with van der Waals surface area (Å²) < 4.78 is 6.05. The Morgan fingerprint density at radius 3 is 3.12 bits per heavy atom. The fourth-order valence-corrected chi connectivity index (χ4v) is 2.15. The lowest BCUT2D eigenvalue weighted by atomic mass is 10.2. The Hall–Kier alpha value is -1.21. The molecule has 0 spiro atoms. The number of ether oxygens (including phenoxy) is 1. The van der Waals surface area contributed by atoms with Crippen molar-refractivity contribution in [3.05, 3.63) is 26.9 Å². The zero-order valence-corrected chi connectivity index (χ0v) is 10.6. The monoisotopic (exact) mass is 301 g/mol. The van der Waals surface area contributed by atoms with E-state index in [4.69, 9.17) is 4.74 Å². The lowest BCUT2D eigenvalue weighted by Gasteiger charge is -2.11. The second-order valence-electron chi connectivity index (χ2n) is 3.80. The molecule has 0 aromatic carbocycles. The predicted molar refractivity (Wildman–Crippen MR) is 66.1 cm³/mol. The molecule has 1 saturated heterocycles. The first kappa shape index (κ1) is 12.3. The molecule has 0 bridgehead atoms. The van der Waals surface area contributed by atoms with E-state index in [0.29, 0.717) is 16.8 Å². The molecule has 0 radical (unpaired) electrons. The second-order valence-corrected chi connectivity index (χ2v) is 4.65. The fraction of sp³-hybridized carbons (Fsp3) is 0.500. The van der Waals surface area contributed by atoms with E-state index < -0.39 is 4.92 Å². The van der Waals surface area contributed by atoms with Crippen molar-refractivity contribution in [1.29, 1.82) is 0 Å². The van der Waals surface area contributed by atoms with Gasteiger partial charge in [0, 0.05) is 19.2 Å². The first-order valence-corrected chi connectivity index (χ1v) is 6.11. The zero-order valence-electron chi connectivity index (χ0n) is 9.06. The van der Waals surface area contributed by atoms with Gasteiger partial charge in [0.2, 0.25) is 0 Å². The smallest absolute Gasteiger partial charge is 0.288 e. The van der Waals surface area contributed by atoms with Crippen LogP contribution in [0.25, 0.3) is 0 Å². The average molecular weight is 302 g/mol. The number of anilines is 1. The molecule has 1 aliphatic rings. The Balaban J connectivity index is 1.98. The van der Waals surface area contributed by atoms with E-state index in [1.54, 1.807) is 0 Å². The number of nitrogens with zero attached hydrogens (tertiary/aromatic N) is 2. The van der Waals surface area contributed by atoms with E-state index in [1.807, 2.05) is 0 Å². The van der Waals surface area contributed by atoms with Crippen molar-refractivity contribution >= 4 is 27.4 Å². The average Bonchev–Trinajstić information content (AvgIpc) is 2.80. The molecule has 1 aromatic heterocycles. The van der Waals surface area contributed by atoms with Crippen molar-refractivity contribution in [2.45, 2.75) is 18.9 Å². The van der Waals surface area contributed by atoms with Crippen molar-refractivity contribution in [3.63, 3.8) is 0 Å². The van der Waals surface area contributed by atoms with E-state index in [2.05, 4.69) is 26.2 Å². The Labute approximate surface area is 107 Å². The minimum Gasteiger partial charge on any atom is -0.376 e. The van der Waals surface area contributed by atoms with Crippen molar-refractivity contribution in [2.24, 2.45) is 0 Å². The fourth-order valence-electron chi connectivity index (χ4n) is 1.67. The van der Waals surface area contributed by atoms with Crippen molar-refractivity contribution in [3.8, 4) is 0 Å². The lowest BCUT2D eigenvalue weighted by molar-refractivity contribution is -0.385. The molecule has 1 fully saturated rings. The van der Waals surface area contributed by atoms with Gasteiger partial charge < -0.3 is 10.1 Å². The van der Waals surface area contributed by atoms with Gasteiger partial charge in [-0.2, -0.15) is 0 Å². The molecule has 92 valence electrons. The minimum absolute atomic E-state index is 0.0282. The number of rotatable bonds is 4. The van der Waals surface area contributed by atoms with Crippen LogP contribution in [0, 0.1) is 10.1 Å². The zero-order chi connectivity index (χ0) is 12.3. The quantitative estimate of drug-likeness (QED) is 0.682. The Kier molecular flexibility index (Phi) is 3.90. The highest BCUT2D eigenvalue weighted by Crippen LogP contribution is 2.24. The van der Waals surface area contributed by atoms with E-state index >= 15 is 0 Å². The van der Waals surface area contributed by atoms with Gasteiger partial charge in [0.05, 0.1) is 15.5 Å². The van der Waals surface area contributed by atoms with E-state index in [-0.39, 0.29) is 11.8 Å². The van der Waals surface area contributed by atoms with Crippen LogP contribution < -0.4 is 5.32 Å². The van der Waals surface area contributed by atoms with Gasteiger partial charge in [0.25, 0.3) is 5.69 Å². The molecular weight excluding hydrogens is 290 g/mol. The molecular formula is C10H12BrN3O3. The van der Waals surface area contributed by atoms with Crippen LogP contribution in [-0.2, 0) is 4.74 Å². The van der Waals surface area contributed by atoms with Crippen LogP contribution in [0.5, 0.6) is 0 Å². The number of halogens is 1. The molecule has 6 nitrogen and oxygen atoms in total. The summed E-state index contributed by atoms with van der Waals surface area (Å²) in [5.74, 6) is 0.603. The van der Waals surface area contributed by atoms with Crippen LogP contribution in [0.1, 0.15) is 12.8 Å². The molecule has 1 atom stereocenters. The summed E-state index contributed by atoms with van der Waals surface area (Å²) >= 11 is 3.25. The molecule has 1 aliphatic heterocycles. The Morgan fingerprint density at radius 1 is 1.71 bits per heavy atom. The van der Waals surface area contributed by atoms with Crippen molar-refractivity contribution in [1.82, 2.24) is 4.98 Å². The summed E-state index contributed by atoms with van der Waals surface area (Å²) in [6.45, 7) is 1.48. The summed E-state index contributed by atoms with van der Waals surface area (Å²) in [5.41, 5.74) is -0.0282. The Morgan fingerprint density at radius 2 is 2.53 bits per heavy atom. The van der Waals surface area contributed by atoms with Crippen LogP contribution in [0.2, 0.25) is 0 Å². The molecule has 1 aromatic rings. The molecule has 7 heteroatoms. The number of nitrogens with one attached hydrogen (secondary N) is 1. The molecule has 0 saturated carbocycles. The van der Waals surface area contributed by atoms with Crippen LogP contribution in [0.15, 0.2) is 16.7 Å². The van der Waals surface area contributed by atoms with Gasteiger partial charge in [0.1, 0.15) is 12.0 Å². The maximum Gasteiger partial charge on any atom is 0.288 e. The normalized spacial score (nSPS) is 19.2. The third-order valence-electron chi connectivity index (χ3n) is 2.56. The first-order chi connectivity index (χ1) is 8.16. The van der Waals surface area contributed by atoms with Gasteiger partial charge in [-0.3, -0.25) is 10.1 Å². The standard InChI is InChI=1S/C10H12BrN3O3/c11-9-4-7(14(15)16)5-12-10(9)13-6-8-2-1-3-17-8/h4-5,8H,1-3,6H2,(H,12,13). The summed E-state index contributed by atoms with van der Waals surface area (Å²) in [4.78, 5) is 14.1. The SMILES string of the molecule is O=[N+]([O-])c1cnc(NCC2CCCO2)c(Br)c1. The highest BCUT2D eigenvalue weighted by molar-refractivity contribution is 9.10. The van der Waals surface area contributed by atoms with Crippen LogP contribution in [0.4, 0.5) is 11.5 Å². The number of aromatic nitrogens is 1. The molecule has 0 aliphatic carbocycles. The summed E-state index contributed by atoms with van der Waals surface area (Å²) in [7, 11) is 0. The van der Waals surface area contributed by atoms with Crippen molar-refractivity contribution < 1.29 is 9.66 Å². The topological polar surface area (TPSA) is 77.3 Å². The van der Waals surface area contributed by atoms with Crippen LogP contribution >= 0.6 is 15.9 Å². The van der Waals surface area contributed by atoms with Gasteiger partial charge in [-0.15, -0.1) is 0 Å². The third kappa shape index (κ3) is 3.13. The van der Waals surface area contributed by atoms with E-state index in [1.165, 1.54) is 12.3 Å². The molecule has 0 amide bonds. The minimum atomic E-state index is -0.471. The van der Waals surface area contributed by atoms with Crippen LogP contribution in [-0.4, -0.2) is 29.2 Å². The summed E-state index contributed by atoms with van der Waals surface area (Å²) in [6.07, 6.45) is 3.57. The predicted octanol–water partition coefficient (Wildman–Crippen LogP) is 2.34. The molecule has 1 N–H and O–H groups in total. The molecule has 17 heavy (non-hydrogen) atoms. The van der Waals surface area contributed by atoms with Gasteiger partial charge in [-0.1, -0.05) is 0 Å². The number of pyridine rings is 1. The first-order valence-electron chi connectivity index (χ1n) is 5.32. The highest BCUT2D eigenvalue weighted by atomic mass is 79.9. The third-order valence-corrected chi connectivity index (χ3v) is 3.16. The molecule has 2 rings (SSSR count). The number of nitro groups is 1. The van der Waals surface area contributed by atoms with Crippen LogP contribution in [0.3, 0.4) is 0 Å². The van der Waals surface area contributed by atoms with Gasteiger partial charge in [-0.05, 0) is 28.8 Å². The highest BCUT2D eigenvalue weighted by Gasteiger charge is 2.16. The largest absolute Gasteiger partial charge is 0.376 e. The van der Waals surface area contributed by atoms with Crippen molar-refractivity contribution in [2.75, 3.05) is 18.5 Å². The maximum absolute atomic E-state index is 10.5. The maximum atomic E-state index is 10.5. The van der Waals surface area contributed by atoms with Gasteiger partial charge in [-0.25, -0.2) is 4.98 Å². The molecule has 2 heterocycles. The van der Waals surface area contributed by atoms with E-state index in [0.717, 1.165) is 19.4 Å². The number of hydrogen-bond acceptors (Lipinski definition) is 5. The summed E-state index contributed by atoms with van der Waals surface area (Å²) in [5, 5.41) is 13.7. The van der Waals surface area contributed by atoms with Gasteiger partial charge in [0.15, 0.2) is 0 Å².